The van der Waals surface area contributed by atoms with E-state index < -0.39 is 6.04 Å². The van der Waals surface area contributed by atoms with Gasteiger partial charge < -0.3 is 9.80 Å². The third-order valence-corrected chi connectivity index (χ3v) is 5.14. The molecule has 3 rings (SSSR count). The van der Waals surface area contributed by atoms with E-state index in [-0.39, 0.29) is 11.8 Å². The van der Waals surface area contributed by atoms with Gasteiger partial charge in [-0.3, -0.25) is 9.59 Å². The van der Waals surface area contributed by atoms with Gasteiger partial charge in [-0.2, -0.15) is 0 Å². The number of aryl methyl sites for hydroxylation is 2. The van der Waals surface area contributed by atoms with Crippen LogP contribution in [0.2, 0.25) is 0 Å². The van der Waals surface area contributed by atoms with Crippen molar-refractivity contribution in [1.82, 2.24) is 4.90 Å². The van der Waals surface area contributed by atoms with Crippen molar-refractivity contribution in [2.75, 3.05) is 18.0 Å². The van der Waals surface area contributed by atoms with Crippen molar-refractivity contribution < 1.29 is 9.59 Å². The Morgan fingerprint density at radius 2 is 1.88 bits per heavy atom. The zero-order valence-electron chi connectivity index (χ0n) is 14.6. The summed E-state index contributed by atoms with van der Waals surface area (Å²) in [6, 6.07) is 12.9. The van der Waals surface area contributed by atoms with Gasteiger partial charge in [-0.25, -0.2) is 0 Å². The van der Waals surface area contributed by atoms with Gasteiger partial charge in [0.15, 0.2) is 0 Å². The Bertz CT molecular complexity index is 834. The van der Waals surface area contributed by atoms with Gasteiger partial charge in [0, 0.05) is 28.8 Å². The first-order valence-electron chi connectivity index (χ1n) is 8.33. The molecule has 1 atom stereocenters. The first-order chi connectivity index (χ1) is 11.9. The largest absolute Gasteiger partial charge is 0.325 e. The van der Waals surface area contributed by atoms with Gasteiger partial charge in [0.05, 0.1) is 0 Å². The first kappa shape index (κ1) is 17.7. The molecule has 0 unspecified atom stereocenters. The number of nitrogens with zero attached hydrogens (tertiary/aromatic N) is 2. The number of carbonyl (C=O) groups excluding carboxylic acids is 2. The lowest BCUT2D eigenvalue weighted by molar-refractivity contribution is -0.124. The van der Waals surface area contributed by atoms with Crippen LogP contribution in [0.1, 0.15) is 28.4 Å². The molecule has 25 heavy (non-hydrogen) atoms. The van der Waals surface area contributed by atoms with E-state index in [0.29, 0.717) is 18.7 Å². The van der Waals surface area contributed by atoms with E-state index >= 15 is 0 Å². The van der Waals surface area contributed by atoms with Gasteiger partial charge in [-0.15, -0.1) is 0 Å². The molecule has 0 aliphatic carbocycles. The predicted molar refractivity (Wildman–Crippen MR) is 103 cm³/mol. The normalized spacial score (nSPS) is 17.8. The lowest BCUT2D eigenvalue weighted by Crippen LogP contribution is -2.58. The van der Waals surface area contributed by atoms with Crippen molar-refractivity contribution in [3.05, 3.63) is 63.6 Å². The van der Waals surface area contributed by atoms with Crippen molar-refractivity contribution in [2.24, 2.45) is 0 Å². The monoisotopic (exact) mass is 400 g/mol. The summed E-state index contributed by atoms with van der Waals surface area (Å²) in [5.74, 6) is -0.147. The molecule has 2 aromatic carbocycles. The number of anilines is 1. The molecular formula is C20H21BrN2O2. The van der Waals surface area contributed by atoms with Crippen molar-refractivity contribution in [1.29, 1.82) is 0 Å². The second-order valence-electron chi connectivity index (χ2n) is 6.46. The fourth-order valence-corrected chi connectivity index (χ4v) is 3.58. The molecule has 2 amide bonds. The third-order valence-electron chi connectivity index (χ3n) is 4.64. The Kier molecular flexibility index (Phi) is 4.95. The van der Waals surface area contributed by atoms with Gasteiger partial charge in [-0.05, 0) is 56.2 Å². The van der Waals surface area contributed by atoms with E-state index in [4.69, 9.17) is 0 Å². The number of hydrogen-bond acceptors (Lipinski definition) is 2. The van der Waals surface area contributed by atoms with E-state index in [9.17, 15) is 9.59 Å². The Hall–Kier alpha value is -2.14. The molecule has 1 heterocycles. The molecule has 0 radical (unpaired) electrons. The van der Waals surface area contributed by atoms with Crippen molar-refractivity contribution >= 4 is 33.4 Å². The van der Waals surface area contributed by atoms with Crippen LogP contribution < -0.4 is 4.90 Å². The quantitative estimate of drug-likeness (QED) is 0.765. The number of carbonyl (C=O) groups is 2. The summed E-state index contributed by atoms with van der Waals surface area (Å²) >= 11 is 3.39. The maximum Gasteiger partial charge on any atom is 0.254 e. The average Bonchev–Trinajstić information content (AvgIpc) is 2.59. The molecule has 0 N–H and O–H groups in total. The standard InChI is InChI=1S/C20H21BrN2O2/c1-13-7-8-14(2)18(11-13)23-10-9-22(15(3)19(23)24)20(25)16-5-4-6-17(21)12-16/h4-8,11-12,15H,9-10H2,1-3H3/t15-/m1/s1. The van der Waals surface area contributed by atoms with Crippen molar-refractivity contribution in [2.45, 2.75) is 26.8 Å². The average molecular weight is 401 g/mol. The maximum atomic E-state index is 12.9. The number of piperazine rings is 1. The molecule has 1 aliphatic heterocycles. The van der Waals surface area contributed by atoms with Gasteiger partial charge in [0.2, 0.25) is 5.91 Å². The molecule has 0 spiro atoms. The summed E-state index contributed by atoms with van der Waals surface area (Å²) < 4.78 is 0.853. The Labute approximate surface area is 156 Å². The van der Waals surface area contributed by atoms with Crippen LogP contribution in [0.25, 0.3) is 0 Å². The molecule has 1 aliphatic rings. The summed E-state index contributed by atoms with van der Waals surface area (Å²) in [7, 11) is 0. The molecule has 1 saturated heterocycles. The van der Waals surface area contributed by atoms with Crippen LogP contribution in [-0.4, -0.2) is 35.8 Å². The smallest absolute Gasteiger partial charge is 0.254 e. The molecule has 0 bridgehead atoms. The SMILES string of the molecule is Cc1ccc(C)c(N2CCN(C(=O)c3cccc(Br)c3)[C@H](C)C2=O)c1. The molecule has 130 valence electrons. The van der Waals surface area contributed by atoms with Crippen LogP contribution in [0.4, 0.5) is 5.69 Å². The Balaban J connectivity index is 1.84. The molecule has 0 aromatic heterocycles. The van der Waals surface area contributed by atoms with Crippen LogP contribution in [0.5, 0.6) is 0 Å². The molecule has 5 heteroatoms. The number of hydrogen-bond donors (Lipinski definition) is 0. The van der Waals surface area contributed by atoms with Crippen LogP contribution in [0.15, 0.2) is 46.9 Å². The summed E-state index contributed by atoms with van der Waals surface area (Å²) in [5.41, 5.74) is 3.72. The lowest BCUT2D eigenvalue weighted by Gasteiger charge is -2.39. The summed E-state index contributed by atoms with van der Waals surface area (Å²) in [5, 5.41) is 0. The minimum Gasteiger partial charge on any atom is -0.325 e. The summed E-state index contributed by atoms with van der Waals surface area (Å²) in [6.45, 7) is 6.85. The first-order valence-corrected chi connectivity index (χ1v) is 9.13. The van der Waals surface area contributed by atoms with E-state index in [1.54, 1.807) is 28.9 Å². The highest BCUT2D eigenvalue weighted by atomic mass is 79.9. The van der Waals surface area contributed by atoms with Crippen molar-refractivity contribution in [3.8, 4) is 0 Å². The second kappa shape index (κ2) is 7.00. The molecule has 2 aromatic rings. The predicted octanol–water partition coefficient (Wildman–Crippen LogP) is 3.94. The maximum absolute atomic E-state index is 12.9. The van der Waals surface area contributed by atoms with E-state index in [0.717, 1.165) is 21.3 Å². The molecule has 4 nitrogen and oxygen atoms in total. The second-order valence-corrected chi connectivity index (χ2v) is 7.38. The summed E-state index contributed by atoms with van der Waals surface area (Å²) in [6.07, 6.45) is 0. The van der Waals surface area contributed by atoms with Gasteiger partial charge in [0.1, 0.15) is 6.04 Å². The number of rotatable bonds is 2. The topological polar surface area (TPSA) is 40.6 Å². The third kappa shape index (κ3) is 3.47. The van der Waals surface area contributed by atoms with Crippen LogP contribution in [0, 0.1) is 13.8 Å². The van der Waals surface area contributed by atoms with Gasteiger partial charge in [0.25, 0.3) is 5.91 Å². The van der Waals surface area contributed by atoms with Crippen LogP contribution >= 0.6 is 15.9 Å². The Morgan fingerprint density at radius 3 is 2.60 bits per heavy atom. The minimum absolute atomic E-state index is 0.0386. The van der Waals surface area contributed by atoms with Crippen molar-refractivity contribution in [3.63, 3.8) is 0 Å². The van der Waals surface area contributed by atoms with E-state index in [1.165, 1.54) is 0 Å². The fourth-order valence-electron chi connectivity index (χ4n) is 3.18. The molecule has 0 saturated carbocycles. The highest BCUT2D eigenvalue weighted by Crippen LogP contribution is 2.26. The zero-order valence-corrected chi connectivity index (χ0v) is 16.2. The highest BCUT2D eigenvalue weighted by molar-refractivity contribution is 9.10. The molecular weight excluding hydrogens is 380 g/mol. The van der Waals surface area contributed by atoms with E-state index in [2.05, 4.69) is 15.9 Å². The zero-order chi connectivity index (χ0) is 18.1. The number of halogens is 1. The van der Waals surface area contributed by atoms with Gasteiger partial charge in [-0.1, -0.05) is 34.1 Å². The van der Waals surface area contributed by atoms with Gasteiger partial charge >= 0.3 is 0 Å². The number of amides is 2. The number of benzene rings is 2. The summed E-state index contributed by atoms with van der Waals surface area (Å²) in [4.78, 5) is 29.2. The molecule has 1 fully saturated rings. The lowest BCUT2D eigenvalue weighted by atomic mass is 10.1. The van der Waals surface area contributed by atoms with E-state index in [1.807, 2.05) is 44.2 Å². The minimum atomic E-state index is -0.486. The highest BCUT2D eigenvalue weighted by Gasteiger charge is 2.35. The van der Waals surface area contributed by atoms with Crippen LogP contribution in [0.3, 0.4) is 0 Å². The Morgan fingerprint density at radius 1 is 1.12 bits per heavy atom. The fraction of sp³-hybridized carbons (Fsp3) is 0.300. The van der Waals surface area contributed by atoms with Crippen LogP contribution in [-0.2, 0) is 4.79 Å².